The van der Waals surface area contributed by atoms with Crippen molar-refractivity contribution in [3.05, 3.63) is 82.1 Å². The second-order valence-corrected chi connectivity index (χ2v) is 10.5. The van der Waals surface area contributed by atoms with Crippen LogP contribution in [0, 0.1) is 24.7 Å². The van der Waals surface area contributed by atoms with E-state index in [-0.39, 0.29) is 35.9 Å². The topological polar surface area (TPSA) is 55.8 Å². The molecule has 2 aliphatic heterocycles. The lowest BCUT2D eigenvalue weighted by Gasteiger charge is -2.26. The molecule has 1 aromatic carbocycles. The van der Waals surface area contributed by atoms with E-state index in [1.54, 1.807) is 11.3 Å². The number of carbonyl (C=O) groups is 2. The van der Waals surface area contributed by atoms with Gasteiger partial charge in [-0.05, 0) is 36.1 Å². The maximum atomic E-state index is 13.4. The van der Waals surface area contributed by atoms with Crippen LogP contribution in [0.5, 0.6) is 5.75 Å². The molecule has 7 heteroatoms. The molecule has 0 fully saturated rings. The van der Waals surface area contributed by atoms with Crippen LogP contribution in [0.2, 0.25) is 0 Å². The number of rotatable bonds is 5. The second-order valence-electron chi connectivity index (χ2n) is 8.18. The summed E-state index contributed by atoms with van der Waals surface area (Å²) in [5.41, 5.74) is 3.04. The van der Waals surface area contributed by atoms with Crippen molar-refractivity contribution in [1.82, 2.24) is 4.31 Å². The highest BCUT2D eigenvalue weighted by atomic mass is 32.2. The Morgan fingerprint density at radius 1 is 1.00 bits per heavy atom. The van der Waals surface area contributed by atoms with Crippen molar-refractivity contribution in [1.29, 1.82) is 0 Å². The average molecular weight is 456 g/mol. The van der Waals surface area contributed by atoms with Crippen LogP contribution in [0.1, 0.15) is 10.4 Å². The molecule has 4 bridgehead atoms. The molecule has 5 nitrogen and oxygen atoms in total. The molecule has 4 aliphatic rings. The Balaban J connectivity index is 1.43. The Morgan fingerprint density at radius 3 is 2.52 bits per heavy atom. The predicted octanol–water partition coefficient (Wildman–Crippen LogP) is 3.76. The molecular weight excluding hydrogens is 430 g/mol. The lowest BCUT2D eigenvalue weighted by molar-refractivity contribution is -0.121. The number of fused-ring (bicyclic) bond motifs is 3. The lowest BCUT2D eigenvalue weighted by Crippen LogP contribution is -2.31. The SMILES string of the molecule is Cc1ccc(OO[SH4]N2CC(=O)C3C=CC4C(=O)C(=C(c5cccs5)C4C=C3)C2)cc1. The molecule has 3 atom stereocenters. The van der Waals surface area contributed by atoms with Crippen molar-refractivity contribution in [3.8, 4) is 5.75 Å². The fourth-order valence-electron chi connectivity index (χ4n) is 4.43. The molecule has 2 aliphatic carbocycles. The molecule has 0 saturated carbocycles. The Hall–Kier alpha value is -2.45. The molecule has 6 rings (SSSR count). The Bertz CT molecular complexity index is 1090. The molecule has 3 heterocycles. The van der Waals surface area contributed by atoms with E-state index in [4.69, 9.17) is 9.22 Å². The summed E-state index contributed by atoms with van der Waals surface area (Å²) in [7, 11) is 0. The summed E-state index contributed by atoms with van der Waals surface area (Å²) in [4.78, 5) is 32.9. The van der Waals surface area contributed by atoms with E-state index in [9.17, 15) is 9.59 Å². The fourth-order valence-corrected chi connectivity index (χ4v) is 6.24. The van der Waals surface area contributed by atoms with Gasteiger partial charge in [-0.1, -0.05) is 48.1 Å². The molecule has 0 amide bonds. The smallest absolute Gasteiger partial charge is 0.168 e. The number of carbonyl (C=O) groups excluding carboxylic acids is 2. The molecule has 0 saturated heterocycles. The van der Waals surface area contributed by atoms with E-state index < -0.39 is 12.2 Å². The zero-order valence-corrected chi connectivity index (χ0v) is 19.4. The monoisotopic (exact) mass is 455 g/mol. The lowest BCUT2D eigenvalue weighted by atomic mass is 9.90. The van der Waals surface area contributed by atoms with Crippen molar-refractivity contribution < 1.29 is 18.8 Å². The summed E-state index contributed by atoms with van der Waals surface area (Å²) in [5, 5.41) is 2.04. The normalized spacial score (nSPS) is 25.6. The van der Waals surface area contributed by atoms with E-state index in [1.807, 2.05) is 65.2 Å². The molecule has 31 heavy (non-hydrogen) atoms. The highest BCUT2D eigenvalue weighted by Crippen LogP contribution is 2.46. The first-order chi connectivity index (χ1) is 15.1. The predicted molar refractivity (Wildman–Crippen MR) is 128 cm³/mol. The number of hydrogen-bond donors (Lipinski definition) is 0. The summed E-state index contributed by atoms with van der Waals surface area (Å²) >= 11 is 0.278. The maximum Gasteiger partial charge on any atom is 0.168 e. The van der Waals surface area contributed by atoms with Crippen LogP contribution in [0.3, 0.4) is 0 Å². The second kappa shape index (κ2) is 8.59. The van der Waals surface area contributed by atoms with E-state index in [1.165, 1.54) is 0 Å². The minimum Gasteiger partial charge on any atom is -0.328 e. The van der Waals surface area contributed by atoms with E-state index >= 15 is 0 Å². The number of thiophene rings is 1. The van der Waals surface area contributed by atoms with Crippen LogP contribution in [0.4, 0.5) is 0 Å². The first-order valence-corrected chi connectivity index (χ1v) is 12.5. The van der Waals surface area contributed by atoms with Gasteiger partial charge in [0.1, 0.15) is 0 Å². The molecule has 2 aromatic rings. The molecule has 0 N–H and O–H groups in total. The van der Waals surface area contributed by atoms with Crippen LogP contribution in [-0.2, 0) is 13.9 Å². The first-order valence-electron chi connectivity index (χ1n) is 10.4. The minimum absolute atomic E-state index is 0.0125. The quantitative estimate of drug-likeness (QED) is 0.390. The van der Waals surface area contributed by atoms with E-state index in [0.717, 1.165) is 21.6 Å². The number of benzene rings is 1. The summed E-state index contributed by atoms with van der Waals surface area (Å²) in [6, 6.07) is 11.7. The summed E-state index contributed by atoms with van der Waals surface area (Å²) in [5.74, 6) is 0.355. The highest BCUT2D eigenvalue weighted by molar-refractivity contribution is 7.92. The zero-order chi connectivity index (χ0) is 21.4. The first kappa shape index (κ1) is 20.5. The van der Waals surface area contributed by atoms with Crippen LogP contribution in [0.25, 0.3) is 5.57 Å². The van der Waals surface area contributed by atoms with Gasteiger partial charge in [-0.3, -0.25) is 13.9 Å². The van der Waals surface area contributed by atoms with Crippen molar-refractivity contribution in [3.63, 3.8) is 0 Å². The van der Waals surface area contributed by atoms with Crippen molar-refractivity contribution in [2.75, 3.05) is 13.1 Å². The number of ketones is 2. The third-order valence-electron chi connectivity index (χ3n) is 6.03. The number of nitrogens with zero attached hydrogens (tertiary/aromatic N) is 1. The zero-order valence-electron chi connectivity index (χ0n) is 17.2. The van der Waals surface area contributed by atoms with Gasteiger partial charge in [-0.25, -0.2) is 0 Å². The Labute approximate surface area is 189 Å². The number of aryl methyl sites for hydroxylation is 1. The van der Waals surface area contributed by atoms with Gasteiger partial charge in [0.25, 0.3) is 0 Å². The minimum atomic E-state index is -1.38. The molecule has 1 aromatic heterocycles. The van der Waals surface area contributed by atoms with Crippen molar-refractivity contribution in [2.24, 2.45) is 17.8 Å². The van der Waals surface area contributed by atoms with Gasteiger partial charge in [-0.15, -0.1) is 11.3 Å². The summed E-state index contributed by atoms with van der Waals surface area (Å²) in [6.07, 6.45) is 7.87. The molecule has 0 radical (unpaired) electrons. The molecular formula is C24H25NO4S2. The molecule has 162 valence electrons. The van der Waals surface area contributed by atoms with Crippen molar-refractivity contribution in [2.45, 2.75) is 6.92 Å². The highest BCUT2D eigenvalue weighted by Gasteiger charge is 2.42. The van der Waals surface area contributed by atoms with Gasteiger partial charge < -0.3 is 4.89 Å². The van der Waals surface area contributed by atoms with Gasteiger partial charge in [-0.2, -0.15) is 16.6 Å². The molecule has 0 spiro atoms. The number of allylic oxidation sites excluding steroid dienone is 5. The third kappa shape index (κ3) is 4.06. The summed E-state index contributed by atoms with van der Waals surface area (Å²) < 4.78 is 7.60. The van der Waals surface area contributed by atoms with Crippen LogP contribution in [0.15, 0.2) is 71.7 Å². The maximum absolute atomic E-state index is 13.4. The van der Waals surface area contributed by atoms with Gasteiger partial charge in [0.2, 0.25) is 0 Å². The van der Waals surface area contributed by atoms with Gasteiger partial charge in [0.05, 0.1) is 18.4 Å². The number of Topliss-reactive ketones (excluding diaryl/α,β-unsaturated/α-hetero) is 2. The average Bonchev–Trinajstić information content (AvgIpc) is 3.29. The van der Waals surface area contributed by atoms with Gasteiger partial charge in [0, 0.05) is 22.9 Å². The standard InChI is InChI=1S/C24H25NO4S2/c1-15-4-8-17(9-5-15)28-29-31-25-13-20-23(22-3-2-12-30-22)18-10-6-16(21(26)14-25)7-11-19(18)24(20)27/h2-12,16,18-19H,13-14H2,1H3,31H4. The van der Waals surface area contributed by atoms with Crippen LogP contribution < -0.4 is 4.89 Å². The Kier molecular flexibility index (Phi) is 5.67. The van der Waals surface area contributed by atoms with E-state index in [0.29, 0.717) is 12.3 Å². The third-order valence-corrected chi connectivity index (χ3v) is 7.97. The molecule has 3 unspecified atom stereocenters. The van der Waals surface area contributed by atoms with E-state index in [2.05, 4.69) is 12.1 Å². The van der Waals surface area contributed by atoms with Gasteiger partial charge in [0.15, 0.2) is 17.3 Å². The van der Waals surface area contributed by atoms with Gasteiger partial charge >= 0.3 is 0 Å². The summed E-state index contributed by atoms with van der Waals surface area (Å²) in [6.45, 7) is 2.67. The largest absolute Gasteiger partial charge is 0.328 e. The number of hydrogen-bond acceptors (Lipinski definition) is 6. The van der Waals surface area contributed by atoms with Crippen LogP contribution in [-0.4, -0.2) is 29.0 Å². The Morgan fingerprint density at radius 2 is 1.77 bits per heavy atom. The fraction of sp³-hybridized carbons (Fsp3) is 0.250. The van der Waals surface area contributed by atoms with Crippen LogP contribution >= 0.6 is 23.6 Å². The van der Waals surface area contributed by atoms with Crippen molar-refractivity contribution >= 4 is 40.7 Å².